The molecule has 0 bridgehead atoms. The van der Waals surface area contributed by atoms with Crippen molar-refractivity contribution >= 4 is 0 Å². The molecule has 0 aromatic heterocycles. The molecule has 0 aliphatic heterocycles. The largest absolute Gasteiger partial charge is 0.391 e. The Labute approximate surface area is 119 Å². The van der Waals surface area contributed by atoms with Crippen LogP contribution in [0.25, 0.3) is 0 Å². The van der Waals surface area contributed by atoms with E-state index in [9.17, 15) is 10.4 Å². The van der Waals surface area contributed by atoms with E-state index in [1.165, 1.54) is 25.7 Å². The van der Waals surface area contributed by atoms with Gasteiger partial charge in [0.1, 0.15) is 0 Å². The molecule has 0 heterocycles. The van der Waals surface area contributed by atoms with Crippen molar-refractivity contribution in [2.45, 2.75) is 91.1 Å². The molecule has 19 heavy (non-hydrogen) atoms. The summed E-state index contributed by atoms with van der Waals surface area (Å²) in [5.74, 6) is 0. The van der Waals surface area contributed by atoms with Crippen molar-refractivity contribution in [2.75, 3.05) is 0 Å². The van der Waals surface area contributed by atoms with Gasteiger partial charge in [-0.05, 0) is 37.5 Å². The quantitative estimate of drug-likeness (QED) is 0.671. The predicted molar refractivity (Wildman–Crippen MR) is 79.7 cm³/mol. The predicted octanol–water partition coefficient (Wildman–Crippen LogP) is 4.82. The minimum atomic E-state index is -0.458. The van der Waals surface area contributed by atoms with Crippen LogP contribution in [0.4, 0.5) is 0 Å². The SMILES string of the molecule is CCCCCCCC(O)C1(C#N)CCC(C)(C)CC1. The molecule has 0 aromatic rings. The third-order valence-electron chi connectivity index (χ3n) is 4.94. The lowest BCUT2D eigenvalue weighted by Gasteiger charge is -2.42. The molecular formula is C17H31NO. The van der Waals surface area contributed by atoms with Crippen molar-refractivity contribution in [1.29, 1.82) is 5.26 Å². The Morgan fingerprint density at radius 1 is 1.05 bits per heavy atom. The molecule has 0 amide bonds. The van der Waals surface area contributed by atoms with Crippen LogP contribution in [-0.4, -0.2) is 11.2 Å². The van der Waals surface area contributed by atoms with Gasteiger partial charge < -0.3 is 5.11 Å². The van der Waals surface area contributed by atoms with Crippen LogP contribution in [0.1, 0.15) is 85.0 Å². The maximum Gasteiger partial charge on any atom is 0.0832 e. The second-order valence-electron chi connectivity index (χ2n) is 7.15. The molecule has 110 valence electrons. The van der Waals surface area contributed by atoms with Crippen LogP contribution in [0.15, 0.2) is 0 Å². The molecule has 1 aliphatic rings. The molecular weight excluding hydrogens is 234 g/mol. The number of nitrogens with zero attached hydrogens (tertiary/aromatic N) is 1. The third kappa shape index (κ3) is 4.80. The van der Waals surface area contributed by atoms with Gasteiger partial charge in [0.15, 0.2) is 0 Å². The van der Waals surface area contributed by atoms with Crippen molar-refractivity contribution < 1.29 is 5.11 Å². The zero-order valence-corrected chi connectivity index (χ0v) is 13.0. The number of hydrogen-bond acceptors (Lipinski definition) is 2. The first-order valence-corrected chi connectivity index (χ1v) is 8.05. The molecule has 1 saturated carbocycles. The van der Waals surface area contributed by atoms with Gasteiger partial charge in [-0.3, -0.25) is 0 Å². The molecule has 0 aromatic carbocycles. The number of nitriles is 1. The second-order valence-corrected chi connectivity index (χ2v) is 7.15. The molecule has 0 radical (unpaired) electrons. The van der Waals surface area contributed by atoms with E-state index in [2.05, 4.69) is 26.8 Å². The van der Waals surface area contributed by atoms with Gasteiger partial charge in [-0.1, -0.05) is 52.9 Å². The summed E-state index contributed by atoms with van der Waals surface area (Å²) in [5, 5.41) is 19.9. The fraction of sp³-hybridized carbons (Fsp3) is 0.941. The molecule has 1 unspecified atom stereocenters. The summed E-state index contributed by atoms with van der Waals surface area (Å²) in [6, 6.07) is 2.46. The van der Waals surface area contributed by atoms with Crippen LogP contribution in [0.3, 0.4) is 0 Å². The van der Waals surface area contributed by atoms with E-state index in [0.29, 0.717) is 5.41 Å². The van der Waals surface area contributed by atoms with Gasteiger partial charge in [0, 0.05) is 0 Å². The van der Waals surface area contributed by atoms with Gasteiger partial charge in [-0.2, -0.15) is 5.26 Å². The summed E-state index contributed by atoms with van der Waals surface area (Å²) in [6.07, 6.45) is 10.3. The van der Waals surface area contributed by atoms with Crippen molar-refractivity contribution in [3.63, 3.8) is 0 Å². The van der Waals surface area contributed by atoms with E-state index < -0.39 is 11.5 Å². The van der Waals surface area contributed by atoms with Crippen LogP contribution >= 0.6 is 0 Å². The van der Waals surface area contributed by atoms with E-state index in [-0.39, 0.29) is 0 Å². The fourth-order valence-corrected chi connectivity index (χ4v) is 3.11. The van der Waals surface area contributed by atoms with Crippen LogP contribution in [-0.2, 0) is 0 Å². The standard InChI is InChI=1S/C17H31NO/c1-4-5-6-7-8-9-15(19)17(14-18)12-10-16(2,3)11-13-17/h15,19H,4-13H2,1-3H3. The summed E-state index contributed by atoms with van der Waals surface area (Å²) in [4.78, 5) is 0. The molecule has 0 saturated heterocycles. The molecule has 1 fully saturated rings. The molecule has 2 heteroatoms. The summed E-state index contributed by atoms with van der Waals surface area (Å²) in [6.45, 7) is 6.75. The number of rotatable bonds is 7. The molecule has 1 aliphatic carbocycles. The van der Waals surface area contributed by atoms with Gasteiger partial charge in [0.25, 0.3) is 0 Å². The van der Waals surface area contributed by atoms with Gasteiger partial charge in [0.05, 0.1) is 17.6 Å². The first-order chi connectivity index (χ1) is 8.96. The Kier molecular flexibility index (Phi) is 6.33. The number of aliphatic hydroxyl groups excluding tert-OH is 1. The highest BCUT2D eigenvalue weighted by Gasteiger charge is 2.43. The van der Waals surface area contributed by atoms with Crippen molar-refractivity contribution in [1.82, 2.24) is 0 Å². The summed E-state index contributed by atoms with van der Waals surface area (Å²) < 4.78 is 0. The van der Waals surface area contributed by atoms with Crippen LogP contribution in [0.5, 0.6) is 0 Å². The summed E-state index contributed by atoms with van der Waals surface area (Å²) in [7, 11) is 0. The van der Waals surface area contributed by atoms with E-state index in [0.717, 1.165) is 38.5 Å². The maximum absolute atomic E-state index is 10.4. The van der Waals surface area contributed by atoms with E-state index in [4.69, 9.17) is 0 Å². The molecule has 0 spiro atoms. The first-order valence-electron chi connectivity index (χ1n) is 8.05. The van der Waals surface area contributed by atoms with Gasteiger partial charge in [-0.25, -0.2) is 0 Å². The Balaban J connectivity index is 2.40. The number of unbranched alkanes of at least 4 members (excludes halogenated alkanes) is 4. The van der Waals surface area contributed by atoms with Gasteiger partial charge in [0.2, 0.25) is 0 Å². The van der Waals surface area contributed by atoms with E-state index in [1.807, 2.05) is 0 Å². The average molecular weight is 265 g/mol. The lowest BCUT2D eigenvalue weighted by molar-refractivity contribution is 0.00468. The van der Waals surface area contributed by atoms with E-state index >= 15 is 0 Å². The highest BCUT2D eigenvalue weighted by Crippen LogP contribution is 2.47. The lowest BCUT2D eigenvalue weighted by atomic mass is 9.63. The Morgan fingerprint density at radius 3 is 2.16 bits per heavy atom. The van der Waals surface area contributed by atoms with Crippen molar-refractivity contribution in [2.24, 2.45) is 10.8 Å². The Morgan fingerprint density at radius 2 is 1.63 bits per heavy atom. The smallest absolute Gasteiger partial charge is 0.0832 e. The normalized spacial score (nSPS) is 22.7. The first kappa shape index (κ1) is 16.5. The number of aliphatic hydroxyl groups is 1. The Bertz CT molecular complexity index is 293. The maximum atomic E-state index is 10.4. The third-order valence-corrected chi connectivity index (χ3v) is 4.94. The monoisotopic (exact) mass is 265 g/mol. The van der Waals surface area contributed by atoms with E-state index in [1.54, 1.807) is 0 Å². The molecule has 1 rings (SSSR count). The average Bonchev–Trinajstić information content (AvgIpc) is 2.39. The van der Waals surface area contributed by atoms with Crippen LogP contribution in [0, 0.1) is 22.2 Å². The minimum absolute atomic E-state index is 0.348. The second kappa shape index (κ2) is 7.29. The van der Waals surface area contributed by atoms with Crippen LogP contribution < -0.4 is 0 Å². The van der Waals surface area contributed by atoms with Gasteiger partial charge >= 0.3 is 0 Å². The summed E-state index contributed by atoms with van der Waals surface area (Å²) in [5.41, 5.74) is -0.110. The highest BCUT2D eigenvalue weighted by atomic mass is 16.3. The lowest BCUT2D eigenvalue weighted by Crippen LogP contribution is -2.39. The molecule has 2 nitrogen and oxygen atoms in total. The summed E-state index contributed by atoms with van der Waals surface area (Å²) >= 11 is 0. The topological polar surface area (TPSA) is 44.0 Å². The van der Waals surface area contributed by atoms with Crippen LogP contribution in [0.2, 0.25) is 0 Å². The molecule has 1 atom stereocenters. The number of hydrogen-bond donors (Lipinski definition) is 1. The highest BCUT2D eigenvalue weighted by molar-refractivity contribution is 5.06. The minimum Gasteiger partial charge on any atom is -0.391 e. The fourth-order valence-electron chi connectivity index (χ4n) is 3.11. The van der Waals surface area contributed by atoms with Crippen molar-refractivity contribution in [3.8, 4) is 6.07 Å². The Hall–Kier alpha value is -0.550. The zero-order chi connectivity index (χ0) is 14.4. The molecule has 1 N–H and O–H groups in total. The zero-order valence-electron chi connectivity index (χ0n) is 13.0. The van der Waals surface area contributed by atoms with Crippen molar-refractivity contribution in [3.05, 3.63) is 0 Å². The van der Waals surface area contributed by atoms with Gasteiger partial charge in [-0.15, -0.1) is 0 Å².